The molecule has 130 valence electrons. The van der Waals surface area contributed by atoms with E-state index in [1.807, 2.05) is 54.6 Å². The first-order valence-electron chi connectivity index (χ1n) is 8.01. The van der Waals surface area contributed by atoms with E-state index in [9.17, 15) is 10.1 Å². The number of benzene rings is 3. The van der Waals surface area contributed by atoms with Crippen molar-refractivity contribution in [2.45, 2.75) is 6.61 Å². The van der Waals surface area contributed by atoms with Crippen LogP contribution in [0.1, 0.15) is 11.1 Å². The van der Waals surface area contributed by atoms with Crippen molar-refractivity contribution in [2.24, 2.45) is 5.10 Å². The molecule has 3 aromatic rings. The lowest BCUT2D eigenvalue weighted by Crippen LogP contribution is -1.97. The van der Waals surface area contributed by atoms with Crippen LogP contribution in [0.25, 0.3) is 0 Å². The molecule has 1 N–H and O–H groups in total. The van der Waals surface area contributed by atoms with Gasteiger partial charge in [0.25, 0.3) is 5.69 Å². The fourth-order valence-corrected chi connectivity index (χ4v) is 2.29. The van der Waals surface area contributed by atoms with Crippen molar-refractivity contribution < 1.29 is 9.66 Å². The molecule has 26 heavy (non-hydrogen) atoms. The largest absolute Gasteiger partial charge is 0.489 e. The predicted octanol–water partition coefficient (Wildman–Crippen LogP) is 4.62. The van der Waals surface area contributed by atoms with Crippen molar-refractivity contribution in [3.63, 3.8) is 0 Å². The first-order valence-corrected chi connectivity index (χ1v) is 8.01. The summed E-state index contributed by atoms with van der Waals surface area (Å²) in [6.07, 6.45) is 1.59. The summed E-state index contributed by atoms with van der Waals surface area (Å²) >= 11 is 0. The van der Waals surface area contributed by atoms with Crippen molar-refractivity contribution in [1.29, 1.82) is 0 Å². The Bertz CT molecular complexity index is 894. The second-order valence-electron chi connectivity index (χ2n) is 5.49. The summed E-state index contributed by atoms with van der Waals surface area (Å²) in [6.45, 7) is 0.507. The van der Waals surface area contributed by atoms with Gasteiger partial charge in [-0.2, -0.15) is 5.10 Å². The molecule has 0 bridgehead atoms. The molecule has 0 aliphatic carbocycles. The van der Waals surface area contributed by atoms with Crippen LogP contribution in [-0.4, -0.2) is 11.1 Å². The maximum atomic E-state index is 11.0. The van der Waals surface area contributed by atoms with Crippen LogP contribution in [0.2, 0.25) is 0 Å². The van der Waals surface area contributed by atoms with Gasteiger partial charge in [0.15, 0.2) is 0 Å². The zero-order chi connectivity index (χ0) is 18.2. The van der Waals surface area contributed by atoms with Gasteiger partial charge < -0.3 is 4.74 Å². The second kappa shape index (κ2) is 8.43. The summed E-state index contributed by atoms with van der Waals surface area (Å²) in [5.74, 6) is 0.762. The van der Waals surface area contributed by atoms with E-state index in [0.29, 0.717) is 12.3 Å². The number of hydrogen-bond acceptors (Lipinski definition) is 5. The molecule has 6 heteroatoms. The number of rotatable bonds is 7. The molecule has 0 saturated heterocycles. The van der Waals surface area contributed by atoms with Gasteiger partial charge in [0.05, 0.1) is 11.1 Å². The molecule has 0 heterocycles. The third-order valence-corrected chi connectivity index (χ3v) is 3.63. The molecule has 6 nitrogen and oxygen atoms in total. The Morgan fingerprint density at radius 1 is 0.962 bits per heavy atom. The number of para-hydroxylation sites is 2. The molecule has 0 aliphatic heterocycles. The molecular formula is C20H17N3O3. The Hall–Kier alpha value is -3.67. The van der Waals surface area contributed by atoms with Crippen molar-refractivity contribution >= 4 is 17.6 Å². The molecular weight excluding hydrogens is 330 g/mol. The van der Waals surface area contributed by atoms with Crippen LogP contribution in [0.15, 0.2) is 84.0 Å². The molecule has 0 spiro atoms. The molecule has 0 amide bonds. The zero-order valence-corrected chi connectivity index (χ0v) is 13.9. The summed E-state index contributed by atoms with van der Waals surface area (Å²) in [4.78, 5) is 10.5. The van der Waals surface area contributed by atoms with Gasteiger partial charge in [-0.05, 0) is 41.5 Å². The quantitative estimate of drug-likeness (QED) is 0.384. The molecule has 0 radical (unpaired) electrons. The van der Waals surface area contributed by atoms with Gasteiger partial charge in [-0.1, -0.05) is 42.5 Å². The number of nitrogens with one attached hydrogen (secondary N) is 1. The third kappa shape index (κ3) is 4.67. The highest BCUT2D eigenvalue weighted by molar-refractivity contribution is 5.80. The Kier molecular flexibility index (Phi) is 5.57. The average Bonchev–Trinajstić information content (AvgIpc) is 2.68. The van der Waals surface area contributed by atoms with E-state index in [2.05, 4.69) is 10.5 Å². The predicted molar refractivity (Wildman–Crippen MR) is 102 cm³/mol. The smallest absolute Gasteiger partial charge is 0.294 e. The molecule has 3 aromatic carbocycles. The second-order valence-corrected chi connectivity index (χ2v) is 5.49. The fraction of sp³-hybridized carbons (Fsp3) is 0.0500. The van der Waals surface area contributed by atoms with Gasteiger partial charge >= 0.3 is 0 Å². The highest BCUT2D eigenvalue weighted by Gasteiger charge is 2.10. The lowest BCUT2D eigenvalue weighted by Gasteiger charge is -2.06. The highest BCUT2D eigenvalue weighted by atomic mass is 16.6. The van der Waals surface area contributed by atoms with Crippen LogP contribution in [0.3, 0.4) is 0 Å². The first kappa shape index (κ1) is 17.2. The summed E-state index contributed by atoms with van der Waals surface area (Å²) in [6, 6.07) is 23.7. The highest BCUT2D eigenvalue weighted by Crippen LogP contribution is 2.23. The summed E-state index contributed by atoms with van der Waals surface area (Å²) < 4.78 is 5.73. The van der Waals surface area contributed by atoms with Gasteiger partial charge in [-0.25, -0.2) is 0 Å². The Balaban J connectivity index is 1.57. The number of hydrogen-bond donors (Lipinski definition) is 1. The van der Waals surface area contributed by atoms with Gasteiger partial charge in [-0.3, -0.25) is 15.5 Å². The van der Waals surface area contributed by atoms with E-state index in [0.717, 1.165) is 16.9 Å². The minimum atomic E-state index is -0.448. The number of nitro groups is 1. The van der Waals surface area contributed by atoms with Crippen LogP contribution in [-0.2, 0) is 6.61 Å². The summed E-state index contributed by atoms with van der Waals surface area (Å²) in [5, 5.41) is 15.0. The summed E-state index contributed by atoms with van der Waals surface area (Å²) in [5.41, 5.74) is 4.98. The van der Waals surface area contributed by atoms with Gasteiger partial charge in [0.2, 0.25) is 0 Å². The number of ether oxygens (including phenoxy) is 1. The average molecular weight is 347 g/mol. The third-order valence-electron chi connectivity index (χ3n) is 3.63. The molecule has 0 saturated carbocycles. The lowest BCUT2D eigenvalue weighted by molar-refractivity contribution is -0.384. The van der Waals surface area contributed by atoms with E-state index in [1.54, 1.807) is 24.4 Å². The number of hydrazone groups is 1. The lowest BCUT2D eigenvalue weighted by atomic mass is 10.2. The van der Waals surface area contributed by atoms with E-state index < -0.39 is 4.92 Å². The standard InChI is InChI=1S/C20H17N3O3/c24-23(25)20-9-5-4-8-19(20)22-21-14-16-10-12-18(13-11-16)26-15-17-6-2-1-3-7-17/h1-14,22H,15H2/b21-14-. The van der Waals surface area contributed by atoms with Crippen molar-refractivity contribution in [1.82, 2.24) is 0 Å². The van der Waals surface area contributed by atoms with E-state index >= 15 is 0 Å². The topological polar surface area (TPSA) is 76.8 Å². The maximum absolute atomic E-state index is 11.0. The Morgan fingerprint density at radius 3 is 2.38 bits per heavy atom. The zero-order valence-electron chi connectivity index (χ0n) is 13.9. The van der Waals surface area contributed by atoms with E-state index in [1.165, 1.54) is 6.07 Å². The molecule has 0 aromatic heterocycles. The summed E-state index contributed by atoms with van der Waals surface area (Å²) in [7, 11) is 0. The molecule has 0 aliphatic rings. The van der Waals surface area contributed by atoms with Crippen LogP contribution >= 0.6 is 0 Å². The van der Waals surface area contributed by atoms with Crippen LogP contribution in [0, 0.1) is 10.1 Å². The van der Waals surface area contributed by atoms with Crippen molar-refractivity contribution in [3.05, 3.63) is 100 Å². The van der Waals surface area contributed by atoms with Gasteiger partial charge in [-0.15, -0.1) is 0 Å². The van der Waals surface area contributed by atoms with Crippen molar-refractivity contribution in [2.75, 3.05) is 5.43 Å². The van der Waals surface area contributed by atoms with E-state index in [-0.39, 0.29) is 5.69 Å². The SMILES string of the molecule is O=[N+]([O-])c1ccccc1N/N=C\c1ccc(OCc2ccccc2)cc1. The van der Waals surface area contributed by atoms with Crippen LogP contribution in [0.5, 0.6) is 5.75 Å². The first-order chi connectivity index (χ1) is 12.7. The van der Waals surface area contributed by atoms with Crippen LogP contribution < -0.4 is 10.2 Å². The van der Waals surface area contributed by atoms with Gasteiger partial charge in [0.1, 0.15) is 18.0 Å². The van der Waals surface area contributed by atoms with Crippen LogP contribution in [0.4, 0.5) is 11.4 Å². The number of nitro benzene ring substituents is 1. The number of nitrogens with zero attached hydrogens (tertiary/aromatic N) is 2. The normalized spacial score (nSPS) is 10.6. The number of anilines is 1. The van der Waals surface area contributed by atoms with Crippen molar-refractivity contribution in [3.8, 4) is 5.75 Å². The molecule has 0 fully saturated rings. The minimum Gasteiger partial charge on any atom is -0.489 e. The van der Waals surface area contributed by atoms with E-state index in [4.69, 9.17) is 4.74 Å². The molecule has 0 atom stereocenters. The Labute approximate surface area is 150 Å². The Morgan fingerprint density at radius 2 is 1.65 bits per heavy atom. The maximum Gasteiger partial charge on any atom is 0.294 e. The molecule has 0 unspecified atom stereocenters. The monoisotopic (exact) mass is 347 g/mol. The minimum absolute atomic E-state index is 0.0192. The fourth-order valence-electron chi connectivity index (χ4n) is 2.29. The molecule has 3 rings (SSSR count). The van der Waals surface area contributed by atoms with Gasteiger partial charge in [0, 0.05) is 6.07 Å².